The molecule has 0 aromatic heterocycles. The highest BCUT2D eigenvalue weighted by Gasteiger charge is 2.48. The molecule has 0 unspecified atom stereocenters. The molecule has 0 aromatic carbocycles. The van der Waals surface area contributed by atoms with Gasteiger partial charge in [0.05, 0.1) is 18.4 Å². The molecule has 0 radical (unpaired) electrons. The second-order valence-electron chi connectivity index (χ2n) is 3.27. The van der Waals surface area contributed by atoms with Crippen LogP contribution in [0.3, 0.4) is 0 Å². The summed E-state index contributed by atoms with van der Waals surface area (Å²) in [5.41, 5.74) is 0. The summed E-state index contributed by atoms with van der Waals surface area (Å²) in [4.78, 5) is 21.7. The van der Waals surface area contributed by atoms with Crippen LogP contribution in [0.5, 0.6) is 0 Å². The van der Waals surface area contributed by atoms with E-state index < -0.39 is 11.9 Å². The Bertz CT molecular complexity index is 229. The molecule has 1 rings (SSSR count). The van der Waals surface area contributed by atoms with Crippen molar-refractivity contribution < 1.29 is 19.4 Å². The van der Waals surface area contributed by atoms with Crippen LogP contribution in [0.2, 0.25) is 0 Å². The van der Waals surface area contributed by atoms with E-state index in [9.17, 15) is 9.59 Å². The van der Waals surface area contributed by atoms with Crippen molar-refractivity contribution in [3.05, 3.63) is 0 Å². The first-order chi connectivity index (χ1) is 6.66. The van der Waals surface area contributed by atoms with Gasteiger partial charge in [-0.2, -0.15) is 0 Å². The SMILES string of the molecule is CCOCCNC(=O)[C@@H]1C[C@@H]1C(=O)O. The van der Waals surface area contributed by atoms with Gasteiger partial charge in [0.25, 0.3) is 0 Å². The third-order valence-corrected chi connectivity index (χ3v) is 2.19. The number of hydrogen-bond acceptors (Lipinski definition) is 3. The fourth-order valence-corrected chi connectivity index (χ4v) is 1.28. The summed E-state index contributed by atoms with van der Waals surface area (Å²) in [6.45, 7) is 3.43. The van der Waals surface area contributed by atoms with Crippen LogP contribution in [-0.4, -0.2) is 36.7 Å². The summed E-state index contributed by atoms with van der Waals surface area (Å²) in [6, 6.07) is 0. The van der Waals surface area contributed by atoms with Crippen molar-refractivity contribution in [3.8, 4) is 0 Å². The van der Waals surface area contributed by atoms with E-state index in [4.69, 9.17) is 9.84 Å². The summed E-state index contributed by atoms with van der Waals surface area (Å²) in [5.74, 6) is -1.84. The average molecular weight is 201 g/mol. The van der Waals surface area contributed by atoms with Gasteiger partial charge in [-0.25, -0.2) is 0 Å². The van der Waals surface area contributed by atoms with Crippen LogP contribution in [0.15, 0.2) is 0 Å². The Labute approximate surface area is 82.4 Å². The molecule has 0 aromatic rings. The smallest absolute Gasteiger partial charge is 0.307 e. The molecule has 1 aliphatic carbocycles. The maximum atomic E-state index is 11.3. The monoisotopic (exact) mass is 201 g/mol. The molecule has 14 heavy (non-hydrogen) atoms. The highest BCUT2D eigenvalue weighted by Crippen LogP contribution is 2.38. The van der Waals surface area contributed by atoms with Crippen molar-refractivity contribution in [2.24, 2.45) is 11.8 Å². The van der Waals surface area contributed by atoms with Gasteiger partial charge in [0.15, 0.2) is 0 Å². The lowest BCUT2D eigenvalue weighted by Crippen LogP contribution is -2.29. The predicted octanol–water partition coefficient (Wildman–Crippen LogP) is -0.140. The van der Waals surface area contributed by atoms with Crippen molar-refractivity contribution >= 4 is 11.9 Å². The molecule has 5 heteroatoms. The van der Waals surface area contributed by atoms with E-state index in [1.54, 1.807) is 0 Å². The zero-order valence-corrected chi connectivity index (χ0v) is 8.16. The largest absolute Gasteiger partial charge is 0.481 e. The van der Waals surface area contributed by atoms with Crippen molar-refractivity contribution in [1.29, 1.82) is 0 Å². The molecule has 1 fully saturated rings. The fourth-order valence-electron chi connectivity index (χ4n) is 1.28. The molecule has 1 aliphatic rings. The Morgan fingerprint density at radius 2 is 2.21 bits per heavy atom. The first kappa shape index (κ1) is 11.0. The van der Waals surface area contributed by atoms with Crippen LogP contribution in [-0.2, 0) is 14.3 Å². The molecule has 1 amide bonds. The summed E-state index contributed by atoms with van der Waals surface area (Å²) >= 11 is 0. The standard InChI is InChI=1S/C9H15NO4/c1-2-14-4-3-10-8(11)6-5-7(6)9(12)13/h6-7H,2-5H2,1H3,(H,10,11)(H,12,13)/t6-,7+/m1/s1. The molecule has 80 valence electrons. The van der Waals surface area contributed by atoms with Crippen molar-refractivity contribution in [2.45, 2.75) is 13.3 Å². The third kappa shape index (κ3) is 2.99. The topological polar surface area (TPSA) is 75.6 Å². The highest BCUT2D eigenvalue weighted by molar-refractivity contribution is 5.89. The van der Waals surface area contributed by atoms with Gasteiger partial charge in [-0.15, -0.1) is 0 Å². The minimum atomic E-state index is -0.880. The van der Waals surface area contributed by atoms with E-state index in [0.29, 0.717) is 26.2 Å². The van der Waals surface area contributed by atoms with Crippen LogP contribution in [0, 0.1) is 11.8 Å². The second kappa shape index (κ2) is 4.95. The Balaban J connectivity index is 2.09. The second-order valence-corrected chi connectivity index (χ2v) is 3.27. The number of carbonyl (C=O) groups is 2. The van der Waals surface area contributed by atoms with Crippen LogP contribution in [0.1, 0.15) is 13.3 Å². The van der Waals surface area contributed by atoms with Gasteiger partial charge in [0.1, 0.15) is 0 Å². The van der Waals surface area contributed by atoms with Gasteiger partial charge in [-0.05, 0) is 13.3 Å². The normalized spacial score (nSPS) is 24.4. The first-order valence-corrected chi connectivity index (χ1v) is 4.75. The molecule has 0 saturated heterocycles. The fraction of sp³-hybridized carbons (Fsp3) is 0.778. The molecule has 5 nitrogen and oxygen atoms in total. The van der Waals surface area contributed by atoms with E-state index in [-0.39, 0.29) is 11.8 Å². The zero-order valence-electron chi connectivity index (χ0n) is 8.16. The average Bonchev–Trinajstić information content (AvgIpc) is 2.91. The van der Waals surface area contributed by atoms with Gasteiger partial charge < -0.3 is 15.2 Å². The van der Waals surface area contributed by atoms with Crippen LogP contribution < -0.4 is 5.32 Å². The van der Waals surface area contributed by atoms with Crippen LogP contribution >= 0.6 is 0 Å². The molecule has 0 aliphatic heterocycles. The Hall–Kier alpha value is -1.10. The maximum Gasteiger partial charge on any atom is 0.307 e. The predicted molar refractivity (Wildman–Crippen MR) is 48.7 cm³/mol. The number of rotatable bonds is 6. The number of amides is 1. The summed E-state index contributed by atoms with van der Waals surface area (Å²) in [5, 5.41) is 11.2. The lowest BCUT2D eigenvalue weighted by Gasteiger charge is -2.03. The van der Waals surface area contributed by atoms with E-state index in [1.165, 1.54) is 0 Å². The number of hydrogen-bond donors (Lipinski definition) is 2. The number of carboxylic acids is 1. The molecule has 1 saturated carbocycles. The number of carboxylic acid groups (broad SMARTS) is 1. The maximum absolute atomic E-state index is 11.3. The van der Waals surface area contributed by atoms with Gasteiger partial charge in [-0.1, -0.05) is 0 Å². The molecule has 2 atom stereocenters. The van der Waals surface area contributed by atoms with Crippen LogP contribution in [0.25, 0.3) is 0 Å². The third-order valence-electron chi connectivity index (χ3n) is 2.19. The van der Waals surface area contributed by atoms with E-state index in [2.05, 4.69) is 5.32 Å². The molecular formula is C9H15NO4. The molecular weight excluding hydrogens is 186 g/mol. The molecule has 2 N–H and O–H groups in total. The van der Waals surface area contributed by atoms with Crippen molar-refractivity contribution in [3.63, 3.8) is 0 Å². The molecule has 0 bridgehead atoms. The van der Waals surface area contributed by atoms with E-state index in [0.717, 1.165) is 0 Å². The highest BCUT2D eigenvalue weighted by atomic mass is 16.5. The minimum absolute atomic E-state index is 0.169. The number of ether oxygens (including phenoxy) is 1. The Morgan fingerprint density at radius 3 is 2.71 bits per heavy atom. The van der Waals surface area contributed by atoms with E-state index in [1.807, 2.05) is 6.92 Å². The number of aliphatic carboxylic acids is 1. The van der Waals surface area contributed by atoms with Gasteiger partial charge in [-0.3, -0.25) is 9.59 Å². The van der Waals surface area contributed by atoms with E-state index >= 15 is 0 Å². The lowest BCUT2D eigenvalue weighted by atomic mass is 10.3. The quantitative estimate of drug-likeness (QED) is 0.586. The summed E-state index contributed by atoms with van der Waals surface area (Å²) in [7, 11) is 0. The first-order valence-electron chi connectivity index (χ1n) is 4.75. The van der Waals surface area contributed by atoms with Crippen LogP contribution in [0.4, 0.5) is 0 Å². The van der Waals surface area contributed by atoms with Gasteiger partial charge in [0.2, 0.25) is 5.91 Å². The van der Waals surface area contributed by atoms with Crippen molar-refractivity contribution in [1.82, 2.24) is 5.32 Å². The molecule has 0 heterocycles. The van der Waals surface area contributed by atoms with Gasteiger partial charge in [0, 0.05) is 13.2 Å². The number of nitrogens with one attached hydrogen (secondary N) is 1. The lowest BCUT2D eigenvalue weighted by molar-refractivity contribution is -0.140. The van der Waals surface area contributed by atoms with Gasteiger partial charge >= 0.3 is 5.97 Å². The Morgan fingerprint density at radius 1 is 1.50 bits per heavy atom. The zero-order chi connectivity index (χ0) is 10.6. The molecule has 0 spiro atoms. The van der Waals surface area contributed by atoms with Crippen molar-refractivity contribution in [2.75, 3.05) is 19.8 Å². The summed E-state index contributed by atoms with van der Waals surface area (Å²) in [6.07, 6.45) is 0.468. The summed E-state index contributed by atoms with van der Waals surface area (Å²) < 4.78 is 5.03. The number of carbonyl (C=O) groups excluding carboxylic acids is 1. The Kier molecular flexibility index (Phi) is 3.88. The minimum Gasteiger partial charge on any atom is -0.481 e.